The third kappa shape index (κ3) is 2.09. The molecule has 1 aromatic rings. The number of carbonyl (C=O) groups excluding carboxylic acids is 1. The molecule has 4 heteroatoms. The van der Waals surface area contributed by atoms with Gasteiger partial charge in [-0.3, -0.25) is 0 Å². The molecule has 0 radical (unpaired) electrons. The van der Waals surface area contributed by atoms with E-state index in [0.29, 0.717) is 12.2 Å². The number of ether oxygens (including phenoxy) is 1. The van der Waals surface area contributed by atoms with Crippen LogP contribution in [0.4, 0.5) is 0 Å². The molecule has 0 aromatic carbocycles. The normalized spacial score (nSPS) is 12.5. The molecule has 0 amide bonds. The van der Waals surface area contributed by atoms with Crippen LogP contribution in [0.2, 0.25) is 0 Å². The number of esters is 1. The van der Waals surface area contributed by atoms with Crippen molar-refractivity contribution in [2.45, 2.75) is 19.4 Å². The van der Waals surface area contributed by atoms with Gasteiger partial charge < -0.3 is 14.3 Å². The highest BCUT2D eigenvalue weighted by Gasteiger charge is 2.14. The van der Waals surface area contributed by atoms with Crippen LogP contribution in [0.5, 0.6) is 0 Å². The smallest absolute Gasteiger partial charge is 0.373 e. The van der Waals surface area contributed by atoms with E-state index in [1.807, 2.05) is 6.92 Å². The van der Waals surface area contributed by atoms with E-state index in [1.165, 1.54) is 13.2 Å². The van der Waals surface area contributed by atoms with E-state index in [0.717, 1.165) is 0 Å². The molecule has 0 saturated heterocycles. The summed E-state index contributed by atoms with van der Waals surface area (Å²) in [5.41, 5.74) is 0. The first-order valence-electron chi connectivity index (χ1n) is 4.05. The van der Waals surface area contributed by atoms with Crippen LogP contribution in [-0.2, 0) is 4.74 Å². The van der Waals surface area contributed by atoms with Crippen LogP contribution in [0.25, 0.3) is 0 Å². The number of aliphatic hydroxyl groups is 1. The molecule has 13 heavy (non-hydrogen) atoms. The first-order valence-corrected chi connectivity index (χ1v) is 4.05. The summed E-state index contributed by atoms with van der Waals surface area (Å²) in [5, 5.41) is 9.35. The molecule has 1 atom stereocenters. The fourth-order valence-electron chi connectivity index (χ4n) is 0.943. The molecule has 1 N–H and O–H groups in total. The Labute approximate surface area is 76.1 Å². The Morgan fingerprint density at radius 3 is 2.92 bits per heavy atom. The highest BCUT2D eigenvalue weighted by atomic mass is 16.5. The lowest BCUT2D eigenvalue weighted by molar-refractivity contribution is 0.0554. The quantitative estimate of drug-likeness (QED) is 0.723. The predicted molar refractivity (Wildman–Crippen MR) is 45.3 cm³/mol. The van der Waals surface area contributed by atoms with Crippen molar-refractivity contribution in [2.75, 3.05) is 7.11 Å². The van der Waals surface area contributed by atoms with Crippen LogP contribution in [0.15, 0.2) is 16.5 Å². The van der Waals surface area contributed by atoms with Crippen LogP contribution in [0.3, 0.4) is 0 Å². The van der Waals surface area contributed by atoms with Crippen LogP contribution >= 0.6 is 0 Å². The monoisotopic (exact) mass is 184 g/mol. The topological polar surface area (TPSA) is 59.7 Å². The van der Waals surface area contributed by atoms with Crippen LogP contribution < -0.4 is 0 Å². The van der Waals surface area contributed by atoms with E-state index >= 15 is 0 Å². The molecule has 0 aliphatic carbocycles. The fourth-order valence-corrected chi connectivity index (χ4v) is 0.943. The maximum atomic E-state index is 10.9. The molecule has 0 unspecified atom stereocenters. The number of methoxy groups -OCH3 is 1. The van der Waals surface area contributed by atoms with E-state index in [9.17, 15) is 9.90 Å². The number of carbonyl (C=O) groups is 1. The van der Waals surface area contributed by atoms with Gasteiger partial charge in [0.2, 0.25) is 5.76 Å². The van der Waals surface area contributed by atoms with Gasteiger partial charge in [-0.2, -0.15) is 0 Å². The highest BCUT2D eigenvalue weighted by molar-refractivity contribution is 5.86. The van der Waals surface area contributed by atoms with E-state index < -0.39 is 12.1 Å². The summed E-state index contributed by atoms with van der Waals surface area (Å²) >= 11 is 0. The number of hydrogen-bond donors (Lipinski definition) is 1. The molecule has 72 valence electrons. The predicted octanol–water partition coefficient (Wildman–Crippen LogP) is 1.51. The largest absolute Gasteiger partial charge is 0.463 e. The Morgan fingerprint density at radius 1 is 1.69 bits per heavy atom. The molecule has 1 heterocycles. The van der Waals surface area contributed by atoms with Crippen molar-refractivity contribution in [2.24, 2.45) is 0 Å². The van der Waals surface area contributed by atoms with Gasteiger partial charge in [0.25, 0.3) is 0 Å². The molecule has 0 aliphatic rings. The van der Waals surface area contributed by atoms with Gasteiger partial charge in [0.05, 0.1) is 7.11 Å². The van der Waals surface area contributed by atoms with Gasteiger partial charge >= 0.3 is 5.97 Å². The van der Waals surface area contributed by atoms with Crippen LogP contribution in [0.1, 0.15) is 35.8 Å². The average Bonchev–Trinajstić information content (AvgIpc) is 2.64. The van der Waals surface area contributed by atoms with Crippen molar-refractivity contribution in [3.05, 3.63) is 23.7 Å². The Hall–Kier alpha value is -1.29. The molecule has 1 rings (SSSR count). The summed E-state index contributed by atoms with van der Waals surface area (Å²) in [7, 11) is 1.28. The third-order valence-corrected chi connectivity index (χ3v) is 1.73. The molecule has 0 fully saturated rings. The van der Waals surface area contributed by atoms with Gasteiger partial charge in [-0.15, -0.1) is 0 Å². The highest BCUT2D eigenvalue weighted by Crippen LogP contribution is 2.19. The van der Waals surface area contributed by atoms with Gasteiger partial charge in [-0.1, -0.05) is 6.92 Å². The minimum absolute atomic E-state index is 0.116. The lowest BCUT2D eigenvalue weighted by Gasteiger charge is -2.01. The van der Waals surface area contributed by atoms with Crippen molar-refractivity contribution in [3.63, 3.8) is 0 Å². The zero-order chi connectivity index (χ0) is 9.84. The van der Waals surface area contributed by atoms with Crippen LogP contribution in [-0.4, -0.2) is 18.2 Å². The van der Waals surface area contributed by atoms with Crippen molar-refractivity contribution in [1.82, 2.24) is 0 Å². The van der Waals surface area contributed by atoms with Gasteiger partial charge in [0.15, 0.2) is 0 Å². The minimum atomic E-state index is -0.654. The van der Waals surface area contributed by atoms with Gasteiger partial charge in [-0.05, 0) is 18.6 Å². The molecule has 4 nitrogen and oxygen atoms in total. The van der Waals surface area contributed by atoms with Crippen molar-refractivity contribution in [3.8, 4) is 0 Å². The Bertz CT molecular complexity index is 290. The Balaban J connectivity index is 2.80. The summed E-state index contributed by atoms with van der Waals surface area (Å²) < 4.78 is 9.51. The summed E-state index contributed by atoms with van der Waals surface area (Å²) in [6.07, 6.45) is -0.105. The molecule has 1 aromatic heterocycles. The number of hydrogen-bond acceptors (Lipinski definition) is 4. The fraction of sp³-hybridized carbons (Fsp3) is 0.444. The number of rotatable bonds is 3. The standard InChI is InChI=1S/C9H12O4/c1-3-6(10)7-4-5-8(13-7)9(11)12-2/h4-6,10H,3H2,1-2H3/t6-/m1/s1. The van der Waals surface area contributed by atoms with E-state index in [-0.39, 0.29) is 5.76 Å². The zero-order valence-corrected chi connectivity index (χ0v) is 7.61. The molecule has 0 aliphatic heterocycles. The summed E-state index contributed by atoms with van der Waals surface area (Å²) in [5.74, 6) is -0.0255. The van der Waals surface area contributed by atoms with Gasteiger partial charge in [0.1, 0.15) is 11.9 Å². The maximum Gasteiger partial charge on any atom is 0.373 e. The SMILES string of the molecule is CC[C@@H](O)c1ccc(C(=O)OC)o1. The molecule has 0 spiro atoms. The Morgan fingerprint density at radius 2 is 2.38 bits per heavy atom. The second kappa shape index (κ2) is 4.09. The molecular weight excluding hydrogens is 172 g/mol. The lowest BCUT2D eigenvalue weighted by Crippen LogP contribution is -1.99. The average molecular weight is 184 g/mol. The van der Waals surface area contributed by atoms with Crippen molar-refractivity contribution >= 4 is 5.97 Å². The Kier molecular flexibility index (Phi) is 3.08. The summed E-state index contributed by atoms with van der Waals surface area (Å²) in [4.78, 5) is 10.9. The molecule has 0 bridgehead atoms. The van der Waals surface area contributed by atoms with Crippen molar-refractivity contribution < 1.29 is 19.1 Å². The number of furan rings is 1. The zero-order valence-electron chi connectivity index (χ0n) is 7.61. The first-order chi connectivity index (χ1) is 6.19. The molecular formula is C9H12O4. The summed E-state index contributed by atoms with van der Waals surface area (Å²) in [6.45, 7) is 1.82. The van der Waals surface area contributed by atoms with E-state index in [2.05, 4.69) is 4.74 Å². The third-order valence-electron chi connectivity index (χ3n) is 1.73. The lowest BCUT2D eigenvalue weighted by atomic mass is 10.2. The van der Waals surface area contributed by atoms with E-state index in [1.54, 1.807) is 6.07 Å². The summed E-state index contributed by atoms with van der Waals surface area (Å²) in [6, 6.07) is 3.06. The minimum Gasteiger partial charge on any atom is -0.463 e. The van der Waals surface area contributed by atoms with Crippen LogP contribution in [0, 0.1) is 0 Å². The van der Waals surface area contributed by atoms with E-state index in [4.69, 9.17) is 4.42 Å². The molecule has 0 saturated carbocycles. The first kappa shape index (κ1) is 9.80. The second-order valence-corrected chi connectivity index (χ2v) is 2.62. The van der Waals surface area contributed by atoms with Gasteiger partial charge in [-0.25, -0.2) is 4.79 Å². The van der Waals surface area contributed by atoms with Gasteiger partial charge in [0, 0.05) is 0 Å². The second-order valence-electron chi connectivity index (χ2n) is 2.62. The number of aliphatic hydroxyl groups excluding tert-OH is 1. The van der Waals surface area contributed by atoms with Crippen molar-refractivity contribution in [1.29, 1.82) is 0 Å². The maximum absolute atomic E-state index is 10.9.